The van der Waals surface area contributed by atoms with E-state index in [-0.39, 0.29) is 0 Å². The minimum atomic E-state index is 0.348. The standard InChI is InChI=1S/C10H23NS/c1-3-4-5-6-7-8-9-11-10(2)12/h10-12H,3-9H2,1-2H3. The summed E-state index contributed by atoms with van der Waals surface area (Å²) in [5.74, 6) is 0. The molecule has 1 unspecified atom stereocenters. The van der Waals surface area contributed by atoms with E-state index < -0.39 is 0 Å². The maximum absolute atomic E-state index is 4.25. The van der Waals surface area contributed by atoms with Crippen LogP contribution in [0.1, 0.15) is 52.4 Å². The average Bonchev–Trinajstić information content (AvgIpc) is 2.02. The zero-order chi connectivity index (χ0) is 9.23. The molecule has 2 heteroatoms. The Kier molecular flexibility index (Phi) is 9.64. The maximum atomic E-state index is 4.25. The molecular weight excluding hydrogens is 166 g/mol. The van der Waals surface area contributed by atoms with E-state index in [1.165, 1.54) is 38.5 Å². The predicted octanol–water partition coefficient (Wildman–Crippen LogP) is 3.21. The van der Waals surface area contributed by atoms with Crippen molar-refractivity contribution in [3.05, 3.63) is 0 Å². The highest BCUT2D eigenvalue weighted by Crippen LogP contribution is 2.04. The molecule has 1 atom stereocenters. The average molecular weight is 189 g/mol. The van der Waals surface area contributed by atoms with Crippen molar-refractivity contribution >= 4 is 12.6 Å². The first kappa shape index (κ1) is 12.3. The summed E-state index contributed by atoms with van der Waals surface area (Å²) in [6.07, 6.45) is 8.22. The molecule has 1 nitrogen and oxygen atoms in total. The molecule has 0 amide bonds. The Morgan fingerprint density at radius 1 is 1.08 bits per heavy atom. The van der Waals surface area contributed by atoms with Crippen LogP contribution in [0.15, 0.2) is 0 Å². The van der Waals surface area contributed by atoms with Gasteiger partial charge in [-0.2, -0.15) is 12.6 Å². The Labute approximate surface area is 82.7 Å². The van der Waals surface area contributed by atoms with Gasteiger partial charge in [0.15, 0.2) is 0 Å². The number of thiol groups is 1. The lowest BCUT2D eigenvalue weighted by Gasteiger charge is -2.06. The van der Waals surface area contributed by atoms with Gasteiger partial charge in [0.1, 0.15) is 0 Å². The third-order valence-electron chi connectivity index (χ3n) is 1.97. The fourth-order valence-electron chi connectivity index (χ4n) is 1.22. The second-order valence-corrected chi connectivity index (χ2v) is 4.17. The first-order chi connectivity index (χ1) is 5.77. The molecule has 0 rings (SSSR count). The van der Waals surface area contributed by atoms with Crippen LogP contribution in [0.2, 0.25) is 0 Å². The zero-order valence-corrected chi connectivity index (χ0v) is 9.37. The molecule has 0 saturated carbocycles. The van der Waals surface area contributed by atoms with Crippen molar-refractivity contribution in [1.82, 2.24) is 5.32 Å². The van der Waals surface area contributed by atoms with E-state index in [2.05, 4.69) is 31.8 Å². The Morgan fingerprint density at radius 3 is 2.25 bits per heavy atom. The maximum Gasteiger partial charge on any atom is 0.0473 e. The van der Waals surface area contributed by atoms with E-state index in [1.807, 2.05) is 0 Å². The molecule has 0 heterocycles. The third-order valence-corrected chi connectivity index (χ3v) is 2.15. The van der Waals surface area contributed by atoms with Gasteiger partial charge in [0, 0.05) is 5.37 Å². The Hall–Kier alpha value is 0.310. The molecule has 0 spiro atoms. The van der Waals surface area contributed by atoms with Gasteiger partial charge in [-0.1, -0.05) is 39.0 Å². The minimum Gasteiger partial charge on any atom is -0.306 e. The van der Waals surface area contributed by atoms with Crippen molar-refractivity contribution in [2.45, 2.75) is 57.7 Å². The molecular formula is C10H23NS. The van der Waals surface area contributed by atoms with E-state index in [0.717, 1.165) is 6.54 Å². The Morgan fingerprint density at radius 2 is 1.67 bits per heavy atom. The largest absolute Gasteiger partial charge is 0.306 e. The summed E-state index contributed by atoms with van der Waals surface area (Å²) < 4.78 is 0. The molecule has 1 N–H and O–H groups in total. The van der Waals surface area contributed by atoms with E-state index in [0.29, 0.717) is 5.37 Å². The van der Waals surface area contributed by atoms with Crippen LogP contribution in [-0.2, 0) is 0 Å². The lowest BCUT2D eigenvalue weighted by molar-refractivity contribution is 0.572. The highest BCUT2D eigenvalue weighted by molar-refractivity contribution is 7.80. The number of unbranched alkanes of at least 4 members (excludes halogenated alkanes) is 5. The number of nitrogens with one attached hydrogen (secondary N) is 1. The zero-order valence-electron chi connectivity index (χ0n) is 8.47. The van der Waals surface area contributed by atoms with Gasteiger partial charge in [-0.15, -0.1) is 0 Å². The highest BCUT2D eigenvalue weighted by Gasteiger charge is 1.92. The Balaban J connectivity index is 2.82. The van der Waals surface area contributed by atoms with E-state index in [9.17, 15) is 0 Å². The molecule has 0 aromatic rings. The van der Waals surface area contributed by atoms with Gasteiger partial charge in [0.05, 0.1) is 0 Å². The molecule has 0 aliphatic heterocycles. The molecule has 0 bridgehead atoms. The van der Waals surface area contributed by atoms with Crippen LogP contribution in [0.25, 0.3) is 0 Å². The van der Waals surface area contributed by atoms with Crippen LogP contribution < -0.4 is 5.32 Å². The first-order valence-electron chi connectivity index (χ1n) is 5.18. The van der Waals surface area contributed by atoms with Crippen molar-refractivity contribution in [2.75, 3.05) is 6.54 Å². The van der Waals surface area contributed by atoms with Crippen molar-refractivity contribution in [2.24, 2.45) is 0 Å². The molecule has 0 saturated heterocycles. The monoisotopic (exact) mass is 189 g/mol. The van der Waals surface area contributed by atoms with Gasteiger partial charge in [-0.25, -0.2) is 0 Å². The van der Waals surface area contributed by atoms with Gasteiger partial charge in [0.25, 0.3) is 0 Å². The predicted molar refractivity (Wildman–Crippen MR) is 59.8 cm³/mol. The first-order valence-corrected chi connectivity index (χ1v) is 5.70. The van der Waals surface area contributed by atoms with Crippen molar-refractivity contribution in [3.63, 3.8) is 0 Å². The van der Waals surface area contributed by atoms with Crippen LogP contribution in [0.3, 0.4) is 0 Å². The summed E-state index contributed by atoms with van der Waals surface area (Å²) >= 11 is 4.25. The summed E-state index contributed by atoms with van der Waals surface area (Å²) in [7, 11) is 0. The van der Waals surface area contributed by atoms with Crippen molar-refractivity contribution in [3.8, 4) is 0 Å². The minimum absolute atomic E-state index is 0.348. The van der Waals surface area contributed by atoms with Crippen LogP contribution >= 0.6 is 12.6 Å². The smallest absolute Gasteiger partial charge is 0.0473 e. The third kappa shape index (κ3) is 10.3. The molecule has 12 heavy (non-hydrogen) atoms. The summed E-state index contributed by atoms with van der Waals surface area (Å²) in [5.41, 5.74) is 0. The summed E-state index contributed by atoms with van der Waals surface area (Å²) in [6, 6.07) is 0. The Bertz CT molecular complexity index is 83.9. The number of hydrogen-bond donors (Lipinski definition) is 2. The molecule has 0 aliphatic rings. The molecule has 0 aromatic heterocycles. The summed E-state index contributed by atoms with van der Waals surface area (Å²) in [5, 5.41) is 3.65. The number of rotatable bonds is 8. The van der Waals surface area contributed by atoms with Crippen molar-refractivity contribution in [1.29, 1.82) is 0 Å². The molecule has 74 valence electrons. The topological polar surface area (TPSA) is 12.0 Å². The quantitative estimate of drug-likeness (QED) is 0.339. The number of hydrogen-bond acceptors (Lipinski definition) is 2. The van der Waals surface area contributed by atoms with Gasteiger partial charge >= 0.3 is 0 Å². The summed E-state index contributed by atoms with van der Waals surface area (Å²) in [6.45, 7) is 5.45. The molecule has 0 radical (unpaired) electrons. The fraction of sp³-hybridized carbons (Fsp3) is 1.00. The molecule has 0 aliphatic carbocycles. The van der Waals surface area contributed by atoms with Crippen LogP contribution in [0, 0.1) is 0 Å². The van der Waals surface area contributed by atoms with Crippen LogP contribution in [0.4, 0.5) is 0 Å². The lowest BCUT2D eigenvalue weighted by atomic mass is 10.1. The van der Waals surface area contributed by atoms with E-state index in [1.54, 1.807) is 0 Å². The van der Waals surface area contributed by atoms with Gasteiger partial charge in [-0.05, 0) is 19.9 Å². The van der Waals surface area contributed by atoms with Crippen LogP contribution in [0.5, 0.6) is 0 Å². The fourth-order valence-corrected chi connectivity index (χ4v) is 1.35. The van der Waals surface area contributed by atoms with Gasteiger partial charge < -0.3 is 5.32 Å². The second-order valence-electron chi connectivity index (χ2n) is 3.40. The normalized spacial score (nSPS) is 13.2. The van der Waals surface area contributed by atoms with E-state index >= 15 is 0 Å². The van der Waals surface area contributed by atoms with Gasteiger partial charge in [-0.3, -0.25) is 0 Å². The SMILES string of the molecule is CCCCCCCCNC(C)S. The van der Waals surface area contributed by atoms with Gasteiger partial charge in [0.2, 0.25) is 0 Å². The second kappa shape index (κ2) is 9.40. The van der Waals surface area contributed by atoms with Crippen molar-refractivity contribution < 1.29 is 0 Å². The van der Waals surface area contributed by atoms with Crippen LogP contribution in [-0.4, -0.2) is 11.9 Å². The highest BCUT2D eigenvalue weighted by atomic mass is 32.1. The molecule has 0 aromatic carbocycles. The summed E-state index contributed by atoms with van der Waals surface area (Å²) in [4.78, 5) is 0. The molecule has 0 fully saturated rings. The van der Waals surface area contributed by atoms with E-state index in [4.69, 9.17) is 0 Å². The lowest BCUT2D eigenvalue weighted by Crippen LogP contribution is -2.21.